The second-order valence-electron chi connectivity index (χ2n) is 3.45. The molecule has 2 N–H and O–H groups in total. The highest BCUT2D eigenvalue weighted by molar-refractivity contribution is 7.89. The fraction of sp³-hybridized carbons (Fsp3) is 0.364. The van der Waals surface area contributed by atoms with Crippen LogP contribution in [0.3, 0.4) is 0 Å². The summed E-state index contributed by atoms with van der Waals surface area (Å²) in [5.74, 6) is 0. The molecule has 0 spiro atoms. The molecular weight excluding hydrogens is 238 g/mol. The fourth-order valence-corrected chi connectivity index (χ4v) is 2.99. The van der Waals surface area contributed by atoms with Crippen molar-refractivity contribution in [2.45, 2.75) is 18.7 Å². The molecule has 0 aliphatic heterocycles. The predicted molar refractivity (Wildman–Crippen MR) is 65.7 cm³/mol. The molecule has 0 saturated carbocycles. The summed E-state index contributed by atoms with van der Waals surface area (Å²) in [7, 11) is -3.52. The molecule has 0 atom stereocenters. The van der Waals surface area contributed by atoms with E-state index in [1.54, 1.807) is 13.8 Å². The van der Waals surface area contributed by atoms with Crippen LogP contribution in [0.1, 0.15) is 19.4 Å². The van der Waals surface area contributed by atoms with Crippen molar-refractivity contribution in [1.82, 2.24) is 4.31 Å². The lowest BCUT2D eigenvalue weighted by Crippen LogP contribution is -2.30. The van der Waals surface area contributed by atoms with Crippen molar-refractivity contribution >= 4 is 15.7 Å². The minimum absolute atomic E-state index is 0.104. The number of nitrogens with zero attached hydrogens (tertiary/aromatic N) is 2. The van der Waals surface area contributed by atoms with Gasteiger partial charge in [-0.2, -0.15) is 9.57 Å². The zero-order chi connectivity index (χ0) is 13.1. The second-order valence-corrected chi connectivity index (χ2v) is 5.39. The fourth-order valence-electron chi connectivity index (χ4n) is 1.51. The summed E-state index contributed by atoms with van der Waals surface area (Å²) in [5.41, 5.74) is 6.02. The summed E-state index contributed by atoms with van der Waals surface area (Å²) in [4.78, 5) is 0.104. The molecule has 1 aromatic carbocycles. The summed E-state index contributed by atoms with van der Waals surface area (Å²) in [5, 5.41) is 8.82. The summed E-state index contributed by atoms with van der Waals surface area (Å²) in [6, 6.07) is 6.04. The molecule has 0 heterocycles. The molecule has 1 rings (SSSR count). The van der Waals surface area contributed by atoms with E-state index in [4.69, 9.17) is 11.0 Å². The van der Waals surface area contributed by atoms with Gasteiger partial charge in [-0.25, -0.2) is 8.42 Å². The Bertz CT molecular complexity index is 542. The Morgan fingerprint density at radius 1 is 1.35 bits per heavy atom. The number of nitrogens with two attached hydrogens (primary N) is 1. The number of rotatable bonds is 4. The van der Waals surface area contributed by atoms with E-state index in [0.29, 0.717) is 13.1 Å². The first-order valence-corrected chi connectivity index (χ1v) is 6.71. The zero-order valence-corrected chi connectivity index (χ0v) is 10.7. The average molecular weight is 253 g/mol. The van der Waals surface area contributed by atoms with Crippen molar-refractivity contribution < 1.29 is 8.42 Å². The van der Waals surface area contributed by atoms with E-state index in [1.807, 2.05) is 6.07 Å². The van der Waals surface area contributed by atoms with Gasteiger partial charge in [0.2, 0.25) is 10.0 Å². The van der Waals surface area contributed by atoms with Gasteiger partial charge in [0.1, 0.15) is 6.07 Å². The Morgan fingerprint density at radius 2 is 1.94 bits per heavy atom. The average Bonchev–Trinajstić information content (AvgIpc) is 2.30. The Labute approximate surface area is 102 Å². The van der Waals surface area contributed by atoms with E-state index < -0.39 is 10.0 Å². The highest BCUT2D eigenvalue weighted by atomic mass is 32.2. The third-order valence-electron chi connectivity index (χ3n) is 2.49. The zero-order valence-electron chi connectivity index (χ0n) is 9.84. The van der Waals surface area contributed by atoms with E-state index in [0.717, 1.165) is 0 Å². The normalized spacial score (nSPS) is 11.4. The molecule has 5 nitrogen and oxygen atoms in total. The number of nitriles is 1. The molecule has 0 unspecified atom stereocenters. The van der Waals surface area contributed by atoms with Crippen LogP contribution >= 0.6 is 0 Å². The molecule has 0 aliphatic rings. The first kappa shape index (κ1) is 13.5. The number of nitrogen functional groups attached to an aromatic ring is 1. The molecule has 0 fully saturated rings. The second kappa shape index (κ2) is 5.17. The van der Waals surface area contributed by atoms with Gasteiger partial charge in [-0.05, 0) is 18.2 Å². The Hall–Kier alpha value is -1.58. The number of anilines is 1. The van der Waals surface area contributed by atoms with Gasteiger partial charge in [-0.15, -0.1) is 0 Å². The Morgan fingerprint density at radius 3 is 2.41 bits per heavy atom. The SMILES string of the molecule is CCN(CC)S(=O)(=O)c1ccc(N)c(C#N)c1. The smallest absolute Gasteiger partial charge is 0.243 e. The Kier molecular flexibility index (Phi) is 4.10. The summed E-state index contributed by atoms with van der Waals surface area (Å²) >= 11 is 0. The Balaban J connectivity index is 3.30. The predicted octanol–water partition coefficient (Wildman–Crippen LogP) is 1.17. The van der Waals surface area contributed by atoms with Gasteiger partial charge in [0.15, 0.2) is 0 Å². The molecule has 6 heteroatoms. The topological polar surface area (TPSA) is 87.2 Å². The maximum atomic E-state index is 12.1. The van der Waals surface area contributed by atoms with E-state index in [1.165, 1.54) is 22.5 Å². The first-order chi connectivity index (χ1) is 7.97. The van der Waals surface area contributed by atoms with Crippen LogP contribution in [0, 0.1) is 11.3 Å². The molecule has 0 aliphatic carbocycles. The van der Waals surface area contributed by atoms with Gasteiger partial charge >= 0.3 is 0 Å². The third kappa shape index (κ3) is 2.57. The van der Waals surface area contributed by atoms with Crippen molar-refractivity contribution in [3.63, 3.8) is 0 Å². The van der Waals surface area contributed by atoms with Crippen LogP contribution in [0.25, 0.3) is 0 Å². The molecule has 0 aromatic heterocycles. The van der Waals surface area contributed by atoms with E-state index >= 15 is 0 Å². The molecule has 0 bridgehead atoms. The first-order valence-electron chi connectivity index (χ1n) is 5.27. The lowest BCUT2D eigenvalue weighted by molar-refractivity contribution is 0.445. The van der Waals surface area contributed by atoms with Gasteiger partial charge in [0.05, 0.1) is 10.5 Å². The van der Waals surface area contributed by atoms with Crippen LogP contribution in [-0.4, -0.2) is 25.8 Å². The molecule has 0 amide bonds. The van der Waals surface area contributed by atoms with Crippen LogP contribution in [0.5, 0.6) is 0 Å². The van der Waals surface area contributed by atoms with E-state index in [-0.39, 0.29) is 16.1 Å². The maximum absolute atomic E-state index is 12.1. The maximum Gasteiger partial charge on any atom is 0.243 e. The minimum atomic E-state index is -3.52. The van der Waals surface area contributed by atoms with Crippen LogP contribution in [0.15, 0.2) is 23.1 Å². The van der Waals surface area contributed by atoms with Crippen molar-refractivity contribution in [2.75, 3.05) is 18.8 Å². The summed E-state index contributed by atoms with van der Waals surface area (Å²) in [6.07, 6.45) is 0. The minimum Gasteiger partial charge on any atom is -0.398 e. The highest BCUT2D eigenvalue weighted by Crippen LogP contribution is 2.20. The summed E-state index contributed by atoms with van der Waals surface area (Å²) < 4.78 is 25.6. The number of hydrogen-bond donors (Lipinski definition) is 1. The van der Waals surface area contributed by atoms with E-state index in [9.17, 15) is 8.42 Å². The van der Waals surface area contributed by atoms with Crippen molar-refractivity contribution in [3.8, 4) is 6.07 Å². The quantitative estimate of drug-likeness (QED) is 0.816. The van der Waals surface area contributed by atoms with Crippen LogP contribution < -0.4 is 5.73 Å². The van der Waals surface area contributed by atoms with Crippen LogP contribution in [0.4, 0.5) is 5.69 Å². The van der Waals surface area contributed by atoms with Crippen molar-refractivity contribution in [3.05, 3.63) is 23.8 Å². The molecule has 1 aromatic rings. The lowest BCUT2D eigenvalue weighted by Gasteiger charge is -2.18. The third-order valence-corrected chi connectivity index (χ3v) is 4.53. The highest BCUT2D eigenvalue weighted by Gasteiger charge is 2.22. The lowest BCUT2D eigenvalue weighted by atomic mass is 10.2. The summed E-state index contributed by atoms with van der Waals surface area (Å²) in [6.45, 7) is 4.32. The largest absolute Gasteiger partial charge is 0.398 e. The standard InChI is InChI=1S/C11H15N3O2S/c1-3-14(4-2)17(15,16)10-5-6-11(13)9(7-10)8-12/h5-7H,3-4,13H2,1-2H3. The number of benzene rings is 1. The van der Waals surface area contributed by atoms with Gasteiger partial charge in [-0.1, -0.05) is 13.8 Å². The molecule has 92 valence electrons. The van der Waals surface area contributed by atoms with Crippen molar-refractivity contribution in [1.29, 1.82) is 5.26 Å². The van der Waals surface area contributed by atoms with Gasteiger partial charge < -0.3 is 5.73 Å². The van der Waals surface area contributed by atoms with Crippen molar-refractivity contribution in [2.24, 2.45) is 0 Å². The van der Waals surface area contributed by atoms with Gasteiger partial charge in [0.25, 0.3) is 0 Å². The molecule has 17 heavy (non-hydrogen) atoms. The molecule has 0 radical (unpaired) electrons. The monoisotopic (exact) mass is 253 g/mol. The number of sulfonamides is 1. The van der Waals surface area contributed by atoms with Crippen LogP contribution in [0.2, 0.25) is 0 Å². The van der Waals surface area contributed by atoms with Gasteiger partial charge in [-0.3, -0.25) is 0 Å². The van der Waals surface area contributed by atoms with E-state index in [2.05, 4.69) is 0 Å². The molecule has 0 saturated heterocycles. The molecular formula is C11H15N3O2S. The van der Waals surface area contributed by atoms with Crippen LogP contribution in [-0.2, 0) is 10.0 Å². The van der Waals surface area contributed by atoms with Gasteiger partial charge in [0, 0.05) is 18.8 Å². The number of hydrogen-bond acceptors (Lipinski definition) is 4.